The molecule has 0 bridgehead atoms. The van der Waals surface area contributed by atoms with Gasteiger partial charge in [0.05, 0.1) is 24.6 Å². The van der Waals surface area contributed by atoms with Gasteiger partial charge < -0.3 is 4.74 Å². The Hall–Kier alpha value is -2.35. The number of nitrogens with zero attached hydrogens (tertiary/aromatic N) is 1. The Labute approximate surface area is 116 Å². The van der Waals surface area contributed by atoms with Gasteiger partial charge in [-0.3, -0.25) is 9.82 Å². The molecule has 106 valence electrons. The van der Waals surface area contributed by atoms with Crippen molar-refractivity contribution in [1.82, 2.24) is 10.2 Å². The van der Waals surface area contributed by atoms with Gasteiger partial charge in [0.15, 0.2) is 0 Å². The zero-order valence-electron chi connectivity index (χ0n) is 10.7. The van der Waals surface area contributed by atoms with Crippen LogP contribution in [0.4, 0.5) is 5.82 Å². The molecule has 0 atom stereocenters. The maximum Gasteiger partial charge on any atom is 0.337 e. The maximum atomic E-state index is 11.9. The molecule has 8 heteroatoms. The SMILES string of the molecule is COC(=O)c1ccc(CS(=O)(=O)Nc2ccn[nH]2)cc1. The molecule has 1 aromatic heterocycles. The van der Waals surface area contributed by atoms with Crippen LogP contribution in [0.15, 0.2) is 36.5 Å². The molecular formula is C12H13N3O4S. The first kappa shape index (κ1) is 14.1. The van der Waals surface area contributed by atoms with Crippen molar-refractivity contribution in [3.05, 3.63) is 47.7 Å². The monoisotopic (exact) mass is 295 g/mol. The lowest BCUT2D eigenvalue weighted by Gasteiger charge is -2.06. The lowest BCUT2D eigenvalue weighted by molar-refractivity contribution is 0.0600. The molecule has 0 aliphatic heterocycles. The van der Waals surface area contributed by atoms with Crippen molar-refractivity contribution in [2.75, 3.05) is 11.8 Å². The number of aromatic nitrogens is 2. The van der Waals surface area contributed by atoms with E-state index in [9.17, 15) is 13.2 Å². The van der Waals surface area contributed by atoms with Gasteiger partial charge in [-0.15, -0.1) is 0 Å². The van der Waals surface area contributed by atoms with E-state index in [4.69, 9.17) is 0 Å². The van der Waals surface area contributed by atoms with E-state index >= 15 is 0 Å². The Bertz CT molecular complexity index is 678. The van der Waals surface area contributed by atoms with Gasteiger partial charge in [-0.2, -0.15) is 5.10 Å². The summed E-state index contributed by atoms with van der Waals surface area (Å²) in [6.07, 6.45) is 1.45. The summed E-state index contributed by atoms with van der Waals surface area (Å²) in [6.45, 7) is 0. The molecule has 0 spiro atoms. The predicted octanol–water partition coefficient (Wildman–Crippen LogP) is 1.14. The number of rotatable bonds is 5. The van der Waals surface area contributed by atoms with Crippen LogP contribution in [0.3, 0.4) is 0 Å². The molecule has 1 aromatic carbocycles. The van der Waals surface area contributed by atoms with E-state index in [-0.39, 0.29) is 5.75 Å². The quantitative estimate of drug-likeness (QED) is 0.805. The van der Waals surface area contributed by atoms with Crippen LogP contribution in [0, 0.1) is 0 Å². The van der Waals surface area contributed by atoms with Crippen LogP contribution in [-0.2, 0) is 20.5 Å². The van der Waals surface area contributed by atoms with Crippen molar-refractivity contribution < 1.29 is 17.9 Å². The van der Waals surface area contributed by atoms with Crippen molar-refractivity contribution in [3.8, 4) is 0 Å². The molecular weight excluding hydrogens is 282 g/mol. The summed E-state index contributed by atoms with van der Waals surface area (Å²) >= 11 is 0. The zero-order valence-corrected chi connectivity index (χ0v) is 11.5. The second kappa shape index (κ2) is 5.74. The molecule has 0 amide bonds. The minimum atomic E-state index is -3.53. The van der Waals surface area contributed by atoms with Crippen LogP contribution in [0.25, 0.3) is 0 Å². The fourth-order valence-corrected chi connectivity index (χ4v) is 2.74. The topological polar surface area (TPSA) is 101 Å². The first-order valence-electron chi connectivity index (χ1n) is 5.67. The largest absolute Gasteiger partial charge is 0.465 e. The molecule has 0 aliphatic carbocycles. The number of anilines is 1. The van der Waals surface area contributed by atoms with Crippen LogP contribution in [0.2, 0.25) is 0 Å². The van der Waals surface area contributed by atoms with Crippen molar-refractivity contribution >= 4 is 21.8 Å². The number of methoxy groups -OCH3 is 1. The number of carbonyl (C=O) groups excluding carboxylic acids is 1. The van der Waals surface area contributed by atoms with Crippen molar-refractivity contribution in [2.24, 2.45) is 0 Å². The molecule has 2 aromatic rings. The maximum absolute atomic E-state index is 11.9. The van der Waals surface area contributed by atoms with Gasteiger partial charge in [0.1, 0.15) is 5.82 Å². The smallest absolute Gasteiger partial charge is 0.337 e. The third-order valence-electron chi connectivity index (χ3n) is 2.50. The molecule has 0 saturated carbocycles. The molecule has 0 unspecified atom stereocenters. The van der Waals surface area contributed by atoms with Gasteiger partial charge >= 0.3 is 5.97 Å². The Morgan fingerprint density at radius 3 is 2.55 bits per heavy atom. The van der Waals surface area contributed by atoms with Crippen molar-refractivity contribution in [1.29, 1.82) is 0 Å². The Morgan fingerprint density at radius 1 is 1.30 bits per heavy atom. The number of nitrogens with one attached hydrogen (secondary N) is 2. The fourth-order valence-electron chi connectivity index (χ4n) is 1.59. The predicted molar refractivity (Wildman–Crippen MR) is 72.6 cm³/mol. The van der Waals surface area contributed by atoms with E-state index in [1.54, 1.807) is 12.1 Å². The lowest BCUT2D eigenvalue weighted by atomic mass is 10.1. The van der Waals surface area contributed by atoms with Gasteiger partial charge in [-0.05, 0) is 17.7 Å². The molecule has 7 nitrogen and oxygen atoms in total. The molecule has 0 aliphatic rings. The number of aromatic amines is 1. The highest BCUT2D eigenvalue weighted by atomic mass is 32.2. The number of hydrogen-bond donors (Lipinski definition) is 2. The van der Waals surface area contributed by atoms with Gasteiger partial charge in [-0.1, -0.05) is 12.1 Å². The van der Waals surface area contributed by atoms with Crippen LogP contribution >= 0.6 is 0 Å². The zero-order chi connectivity index (χ0) is 14.6. The van der Waals surface area contributed by atoms with E-state index in [2.05, 4.69) is 19.7 Å². The highest BCUT2D eigenvalue weighted by Gasteiger charge is 2.13. The Kier molecular flexibility index (Phi) is 4.04. The number of hydrogen-bond acceptors (Lipinski definition) is 5. The van der Waals surface area contributed by atoms with Crippen LogP contribution in [-0.4, -0.2) is 31.7 Å². The van der Waals surface area contributed by atoms with E-state index in [1.807, 2.05) is 0 Å². The van der Waals surface area contributed by atoms with E-state index in [0.717, 1.165) is 0 Å². The van der Waals surface area contributed by atoms with Gasteiger partial charge in [0.2, 0.25) is 10.0 Å². The van der Waals surface area contributed by atoms with Gasteiger partial charge in [0, 0.05) is 6.07 Å². The van der Waals surface area contributed by atoms with E-state index in [1.165, 1.54) is 31.5 Å². The van der Waals surface area contributed by atoms with Crippen molar-refractivity contribution in [2.45, 2.75) is 5.75 Å². The third kappa shape index (κ3) is 3.58. The Morgan fingerprint density at radius 2 is 2.00 bits per heavy atom. The molecule has 0 saturated heterocycles. The highest BCUT2D eigenvalue weighted by molar-refractivity contribution is 7.91. The summed E-state index contributed by atoms with van der Waals surface area (Å²) in [5.74, 6) is -0.362. The summed E-state index contributed by atoms with van der Waals surface area (Å²) in [5, 5.41) is 6.16. The van der Waals surface area contributed by atoms with Crippen molar-refractivity contribution in [3.63, 3.8) is 0 Å². The molecule has 2 N–H and O–H groups in total. The normalized spacial score (nSPS) is 11.1. The summed E-state index contributed by atoms with van der Waals surface area (Å²) in [5.41, 5.74) is 0.930. The number of sulfonamides is 1. The van der Waals surface area contributed by atoms with E-state index < -0.39 is 16.0 Å². The van der Waals surface area contributed by atoms with Crippen LogP contribution < -0.4 is 4.72 Å². The second-order valence-electron chi connectivity index (χ2n) is 4.02. The lowest BCUT2D eigenvalue weighted by Crippen LogP contribution is -2.15. The number of H-pyrrole nitrogens is 1. The summed E-state index contributed by atoms with van der Waals surface area (Å²) in [4.78, 5) is 11.3. The summed E-state index contributed by atoms with van der Waals surface area (Å²) < 4.78 is 30.7. The van der Waals surface area contributed by atoms with Crippen LogP contribution in [0.5, 0.6) is 0 Å². The molecule has 20 heavy (non-hydrogen) atoms. The third-order valence-corrected chi connectivity index (χ3v) is 3.74. The summed E-state index contributed by atoms with van der Waals surface area (Å²) in [7, 11) is -2.25. The minimum Gasteiger partial charge on any atom is -0.465 e. The first-order valence-corrected chi connectivity index (χ1v) is 7.32. The minimum absolute atomic E-state index is 0.201. The molecule has 1 heterocycles. The number of carbonyl (C=O) groups is 1. The molecule has 2 rings (SSSR count). The fraction of sp³-hybridized carbons (Fsp3) is 0.167. The Balaban J connectivity index is 2.07. The van der Waals surface area contributed by atoms with E-state index in [0.29, 0.717) is 16.9 Å². The standard InChI is InChI=1S/C12H13N3O4S/c1-19-12(16)10-4-2-9(3-5-10)8-20(17,18)15-11-6-7-13-14-11/h2-7H,8H2,1H3,(H2,13,14,15). The van der Waals surface area contributed by atoms with Gasteiger partial charge in [-0.25, -0.2) is 13.2 Å². The highest BCUT2D eigenvalue weighted by Crippen LogP contribution is 2.11. The second-order valence-corrected chi connectivity index (χ2v) is 5.74. The number of benzene rings is 1. The molecule has 0 fully saturated rings. The summed E-state index contributed by atoms with van der Waals surface area (Å²) in [6, 6.07) is 7.69. The molecule has 0 radical (unpaired) electrons. The van der Waals surface area contributed by atoms with Crippen LogP contribution in [0.1, 0.15) is 15.9 Å². The van der Waals surface area contributed by atoms with Gasteiger partial charge in [0.25, 0.3) is 0 Å². The average molecular weight is 295 g/mol. The number of esters is 1. The average Bonchev–Trinajstić information content (AvgIpc) is 2.90. The first-order chi connectivity index (χ1) is 9.50. The number of ether oxygens (including phenoxy) is 1.